The molecular formula is C24H39NO5. The minimum absolute atomic E-state index is 0.0489. The number of alkyl carbamates (subject to hydrolysis) is 1. The SMILES string of the molecule is CCCC[C@@H]([C@H](C)OC(=O)[C@H](C)NC(=O)OC(C)(C)C)[C@H](CC)Oc1ccccc1. The summed E-state index contributed by atoms with van der Waals surface area (Å²) in [5, 5.41) is 2.54. The summed E-state index contributed by atoms with van der Waals surface area (Å²) < 4.78 is 17.2. The van der Waals surface area contributed by atoms with Crippen molar-refractivity contribution in [2.45, 2.75) is 98.0 Å². The number of carbonyl (C=O) groups excluding carboxylic acids is 2. The van der Waals surface area contributed by atoms with Crippen LogP contribution in [0.3, 0.4) is 0 Å². The van der Waals surface area contributed by atoms with Crippen LogP contribution in [0.4, 0.5) is 4.79 Å². The Bertz CT molecular complexity index is 641. The fraction of sp³-hybridized carbons (Fsp3) is 0.667. The highest BCUT2D eigenvalue weighted by molar-refractivity contribution is 5.81. The fourth-order valence-corrected chi connectivity index (χ4v) is 3.23. The number of hydrogen-bond donors (Lipinski definition) is 1. The molecule has 4 atom stereocenters. The molecule has 1 aromatic carbocycles. The van der Waals surface area contributed by atoms with Crippen LogP contribution in [0.15, 0.2) is 30.3 Å². The molecule has 0 bridgehead atoms. The summed E-state index contributed by atoms with van der Waals surface area (Å²) in [6, 6.07) is 8.90. The average molecular weight is 422 g/mol. The van der Waals surface area contributed by atoms with Gasteiger partial charge in [-0.05, 0) is 59.6 Å². The lowest BCUT2D eigenvalue weighted by molar-refractivity contribution is -0.155. The predicted molar refractivity (Wildman–Crippen MR) is 119 cm³/mol. The quantitative estimate of drug-likeness (QED) is 0.478. The first-order valence-corrected chi connectivity index (χ1v) is 11.0. The number of rotatable bonds is 11. The molecule has 0 fully saturated rings. The average Bonchev–Trinajstić information content (AvgIpc) is 2.66. The normalized spacial score (nSPS) is 15.4. The van der Waals surface area contributed by atoms with Gasteiger partial charge in [0.2, 0.25) is 0 Å². The van der Waals surface area contributed by atoms with E-state index < -0.39 is 23.7 Å². The van der Waals surface area contributed by atoms with Gasteiger partial charge in [0.1, 0.15) is 29.6 Å². The third-order valence-corrected chi connectivity index (χ3v) is 4.79. The lowest BCUT2D eigenvalue weighted by Crippen LogP contribution is -2.45. The maximum absolute atomic E-state index is 12.6. The lowest BCUT2D eigenvalue weighted by Gasteiger charge is -2.32. The van der Waals surface area contributed by atoms with Crippen LogP contribution >= 0.6 is 0 Å². The van der Waals surface area contributed by atoms with Gasteiger partial charge in [-0.15, -0.1) is 0 Å². The van der Waals surface area contributed by atoms with Gasteiger partial charge >= 0.3 is 12.1 Å². The van der Waals surface area contributed by atoms with E-state index >= 15 is 0 Å². The highest BCUT2D eigenvalue weighted by atomic mass is 16.6. The van der Waals surface area contributed by atoms with Crippen LogP contribution in [-0.2, 0) is 14.3 Å². The Hall–Kier alpha value is -2.24. The molecule has 1 amide bonds. The third-order valence-electron chi connectivity index (χ3n) is 4.79. The topological polar surface area (TPSA) is 73.9 Å². The van der Waals surface area contributed by atoms with Crippen LogP contribution in [-0.4, -0.2) is 35.9 Å². The minimum atomic E-state index is -0.802. The number of nitrogens with one attached hydrogen (secondary N) is 1. The van der Waals surface area contributed by atoms with E-state index in [9.17, 15) is 9.59 Å². The second-order valence-corrected chi connectivity index (χ2v) is 8.69. The molecule has 1 aromatic rings. The lowest BCUT2D eigenvalue weighted by atomic mass is 9.89. The summed E-state index contributed by atoms with van der Waals surface area (Å²) in [7, 11) is 0. The molecule has 0 aliphatic rings. The summed E-state index contributed by atoms with van der Waals surface area (Å²) in [6.07, 6.45) is 2.71. The molecule has 6 heteroatoms. The molecule has 0 heterocycles. The van der Waals surface area contributed by atoms with Crippen LogP contribution < -0.4 is 10.1 Å². The van der Waals surface area contributed by atoms with E-state index in [0.717, 1.165) is 31.4 Å². The Morgan fingerprint density at radius 3 is 2.23 bits per heavy atom. The largest absolute Gasteiger partial charge is 0.490 e. The Morgan fingerprint density at radius 1 is 1.07 bits per heavy atom. The number of amides is 1. The van der Waals surface area contributed by atoms with E-state index in [-0.39, 0.29) is 18.1 Å². The monoisotopic (exact) mass is 421 g/mol. The van der Waals surface area contributed by atoms with Crippen molar-refractivity contribution in [3.05, 3.63) is 30.3 Å². The summed E-state index contributed by atoms with van der Waals surface area (Å²) >= 11 is 0. The first-order valence-electron chi connectivity index (χ1n) is 11.0. The van der Waals surface area contributed by atoms with E-state index in [1.807, 2.05) is 37.3 Å². The molecule has 0 saturated carbocycles. The number of ether oxygens (including phenoxy) is 3. The van der Waals surface area contributed by atoms with Crippen molar-refractivity contribution < 1.29 is 23.8 Å². The van der Waals surface area contributed by atoms with Crippen molar-refractivity contribution in [2.24, 2.45) is 5.92 Å². The number of hydrogen-bond acceptors (Lipinski definition) is 5. The van der Waals surface area contributed by atoms with E-state index in [1.165, 1.54) is 0 Å². The summed E-state index contributed by atoms with van der Waals surface area (Å²) in [5.41, 5.74) is -0.630. The molecule has 1 N–H and O–H groups in total. The Morgan fingerprint density at radius 2 is 1.70 bits per heavy atom. The maximum Gasteiger partial charge on any atom is 0.408 e. The smallest absolute Gasteiger partial charge is 0.408 e. The van der Waals surface area contributed by atoms with E-state index in [4.69, 9.17) is 14.2 Å². The summed E-state index contributed by atoms with van der Waals surface area (Å²) in [4.78, 5) is 24.5. The first kappa shape index (κ1) is 25.8. The van der Waals surface area contributed by atoms with Gasteiger partial charge in [0.15, 0.2) is 0 Å². The van der Waals surface area contributed by atoms with Crippen LogP contribution in [0.25, 0.3) is 0 Å². The van der Waals surface area contributed by atoms with Crippen molar-refractivity contribution in [1.82, 2.24) is 5.32 Å². The number of esters is 1. The van der Waals surface area contributed by atoms with Gasteiger partial charge in [0.25, 0.3) is 0 Å². The van der Waals surface area contributed by atoms with E-state index in [2.05, 4.69) is 19.2 Å². The van der Waals surface area contributed by atoms with Crippen molar-refractivity contribution >= 4 is 12.1 Å². The Kier molecular flexibility index (Phi) is 10.7. The molecule has 0 aliphatic carbocycles. The molecule has 0 aromatic heterocycles. The van der Waals surface area contributed by atoms with Gasteiger partial charge in [-0.25, -0.2) is 9.59 Å². The number of para-hydroxylation sites is 1. The van der Waals surface area contributed by atoms with Gasteiger partial charge in [-0.1, -0.05) is 44.9 Å². The van der Waals surface area contributed by atoms with Crippen molar-refractivity contribution in [3.8, 4) is 5.75 Å². The first-order chi connectivity index (χ1) is 14.1. The molecule has 0 unspecified atom stereocenters. The molecule has 0 saturated heterocycles. The van der Waals surface area contributed by atoms with E-state index in [0.29, 0.717) is 0 Å². The second kappa shape index (κ2) is 12.5. The highest BCUT2D eigenvalue weighted by Crippen LogP contribution is 2.26. The Labute approximate surface area is 181 Å². The molecular weight excluding hydrogens is 382 g/mol. The molecule has 1 rings (SSSR count). The maximum atomic E-state index is 12.6. The second-order valence-electron chi connectivity index (χ2n) is 8.69. The van der Waals surface area contributed by atoms with Crippen LogP contribution in [0, 0.1) is 5.92 Å². The molecule has 6 nitrogen and oxygen atoms in total. The zero-order valence-corrected chi connectivity index (χ0v) is 19.6. The van der Waals surface area contributed by atoms with E-state index in [1.54, 1.807) is 27.7 Å². The zero-order chi connectivity index (χ0) is 22.7. The highest BCUT2D eigenvalue weighted by Gasteiger charge is 2.31. The number of unbranched alkanes of at least 4 members (excludes halogenated alkanes) is 1. The minimum Gasteiger partial charge on any atom is -0.490 e. The van der Waals surface area contributed by atoms with Gasteiger partial charge in [-0.2, -0.15) is 0 Å². The third kappa shape index (κ3) is 9.51. The van der Waals surface area contributed by atoms with Crippen LogP contribution in [0.5, 0.6) is 5.75 Å². The molecule has 0 radical (unpaired) electrons. The van der Waals surface area contributed by atoms with Crippen LogP contribution in [0.1, 0.15) is 74.1 Å². The fourth-order valence-electron chi connectivity index (χ4n) is 3.23. The molecule has 170 valence electrons. The summed E-state index contributed by atoms with van der Waals surface area (Å²) in [5.74, 6) is 0.376. The molecule has 30 heavy (non-hydrogen) atoms. The van der Waals surface area contributed by atoms with Crippen molar-refractivity contribution in [3.63, 3.8) is 0 Å². The predicted octanol–water partition coefficient (Wildman–Crippen LogP) is 5.50. The Balaban J connectivity index is 2.77. The van der Waals surface area contributed by atoms with Crippen molar-refractivity contribution in [2.75, 3.05) is 0 Å². The van der Waals surface area contributed by atoms with Gasteiger partial charge in [0.05, 0.1) is 0 Å². The standard InChI is InChI=1S/C24H39NO5/c1-8-10-16-20(21(9-2)29-19-14-12-11-13-15-19)18(4)28-22(26)17(3)25-23(27)30-24(5,6)7/h11-15,17-18,20-21H,8-10,16H2,1-7H3,(H,25,27)/t17-,18-,20-,21-/m0/s1. The van der Waals surface area contributed by atoms with Gasteiger partial charge in [0, 0.05) is 5.92 Å². The zero-order valence-electron chi connectivity index (χ0n) is 19.6. The number of carbonyl (C=O) groups is 2. The molecule has 0 aliphatic heterocycles. The van der Waals surface area contributed by atoms with Gasteiger partial charge < -0.3 is 19.5 Å². The van der Waals surface area contributed by atoms with Gasteiger partial charge in [-0.3, -0.25) is 0 Å². The van der Waals surface area contributed by atoms with Crippen LogP contribution in [0.2, 0.25) is 0 Å². The van der Waals surface area contributed by atoms with Crippen molar-refractivity contribution in [1.29, 1.82) is 0 Å². The summed E-state index contributed by atoms with van der Waals surface area (Å²) in [6.45, 7) is 13.0. The number of benzene rings is 1. The molecule has 0 spiro atoms.